The summed E-state index contributed by atoms with van der Waals surface area (Å²) in [5.41, 5.74) is 6.88. The summed E-state index contributed by atoms with van der Waals surface area (Å²) in [6.07, 6.45) is 0. The van der Waals surface area contributed by atoms with Gasteiger partial charge in [-0.15, -0.1) is 22.7 Å². The lowest BCUT2D eigenvalue weighted by Crippen LogP contribution is -1.93. The Morgan fingerprint density at radius 3 is 2.29 bits per heavy atom. The third-order valence-corrected chi connectivity index (χ3v) is 7.59. The molecule has 0 amide bonds. The minimum Gasteiger partial charge on any atom is -0.355 e. The Labute approximate surface area is 188 Å². The summed E-state index contributed by atoms with van der Waals surface area (Å²) in [6.45, 7) is 0. The monoisotopic (exact) mass is 434 g/mol. The van der Waals surface area contributed by atoms with E-state index in [1.165, 1.54) is 25.6 Å². The predicted octanol–water partition coefficient (Wildman–Crippen LogP) is 8.54. The van der Waals surface area contributed by atoms with Crippen molar-refractivity contribution >= 4 is 44.3 Å². The van der Waals surface area contributed by atoms with Gasteiger partial charge in [0.2, 0.25) is 0 Å². The molecule has 0 unspecified atom stereocenters. The first-order valence-electron chi connectivity index (χ1n) is 10.1. The number of para-hydroxylation sites is 2. The Bertz CT molecular complexity index is 1430. The molecule has 3 aromatic carbocycles. The van der Waals surface area contributed by atoms with Gasteiger partial charge in [-0.1, -0.05) is 48.5 Å². The first kappa shape index (κ1) is 18.3. The lowest BCUT2D eigenvalue weighted by molar-refractivity contribution is 1.47. The van der Waals surface area contributed by atoms with Gasteiger partial charge in [-0.25, -0.2) is 4.98 Å². The lowest BCUT2D eigenvalue weighted by atomic mass is 10.1. The summed E-state index contributed by atoms with van der Waals surface area (Å²) in [5.74, 6) is 0. The highest BCUT2D eigenvalue weighted by molar-refractivity contribution is 7.21. The highest BCUT2D eigenvalue weighted by Crippen LogP contribution is 2.39. The number of nitrogens with one attached hydrogen (secondary N) is 1. The molecule has 4 heteroatoms. The van der Waals surface area contributed by atoms with E-state index in [-0.39, 0.29) is 0 Å². The van der Waals surface area contributed by atoms with Gasteiger partial charge in [0.15, 0.2) is 0 Å². The van der Waals surface area contributed by atoms with Gasteiger partial charge in [0.05, 0.1) is 10.2 Å². The summed E-state index contributed by atoms with van der Waals surface area (Å²) in [6, 6.07) is 36.2. The van der Waals surface area contributed by atoms with Crippen LogP contribution in [0.2, 0.25) is 0 Å². The molecule has 0 fully saturated rings. The molecule has 4 aromatic rings. The Kier molecular flexibility index (Phi) is 4.52. The molecule has 1 aliphatic carbocycles. The van der Waals surface area contributed by atoms with Crippen LogP contribution in [-0.2, 0) is 0 Å². The average molecular weight is 435 g/mol. The summed E-state index contributed by atoms with van der Waals surface area (Å²) in [5, 5.41) is 4.66. The molecular weight excluding hydrogens is 416 g/mol. The van der Waals surface area contributed by atoms with Gasteiger partial charge in [0, 0.05) is 32.3 Å². The van der Waals surface area contributed by atoms with Gasteiger partial charge in [0.25, 0.3) is 0 Å². The van der Waals surface area contributed by atoms with E-state index in [1.54, 1.807) is 11.3 Å². The van der Waals surface area contributed by atoms with Crippen molar-refractivity contribution < 1.29 is 0 Å². The number of rotatable bonds is 4. The molecule has 2 heterocycles. The molecule has 0 saturated heterocycles. The minimum absolute atomic E-state index is 1.05. The van der Waals surface area contributed by atoms with Crippen LogP contribution in [0.5, 0.6) is 0 Å². The number of fused-ring (bicyclic) bond motifs is 2. The molecule has 1 N–H and O–H groups in total. The van der Waals surface area contributed by atoms with E-state index in [0.717, 1.165) is 27.5 Å². The van der Waals surface area contributed by atoms with Crippen molar-refractivity contribution in [2.24, 2.45) is 0 Å². The van der Waals surface area contributed by atoms with Crippen molar-refractivity contribution in [1.82, 2.24) is 4.98 Å². The van der Waals surface area contributed by atoms with Crippen LogP contribution in [-0.4, -0.2) is 4.98 Å². The fraction of sp³-hybridized carbons (Fsp3) is 0. The fourth-order valence-electron chi connectivity index (χ4n) is 3.77. The maximum absolute atomic E-state index is 4.77. The number of aromatic nitrogens is 1. The standard InChI is InChI=1S/C27H18N2S2/c1-2-8-22(21(7-1)25-17-14-18-6-5-11-24(18)30-25)28-20-15-12-19(13-16-20)27-29-23-9-3-4-10-26(23)31-27/h1-17,28H. The second kappa shape index (κ2) is 7.65. The third kappa shape index (κ3) is 3.50. The molecule has 0 radical (unpaired) electrons. The van der Waals surface area contributed by atoms with Crippen molar-refractivity contribution in [3.8, 4) is 31.5 Å². The van der Waals surface area contributed by atoms with Crippen molar-refractivity contribution in [2.45, 2.75) is 0 Å². The highest BCUT2D eigenvalue weighted by Gasteiger charge is 2.10. The Morgan fingerprint density at radius 1 is 0.581 bits per heavy atom. The van der Waals surface area contributed by atoms with Gasteiger partial charge < -0.3 is 5.32 Å². The van der Waals surface area contributed by atoms with E-state index in [4.69, 9.17) is 4.98 Å². The Balaban J connectivity index is 1.30. The Morgan fingerprint density at radius 2 is 1.39 bits per heavy atom. The summed E-state index contributed by atoms with van der Waals surface area (Å²) >= 11 is 3.56. The number of anilines is 2. The third-order valence-electron chi connectivity index (χ3n) is 5.34. The largest absolute Gasteiger partial charge is 0.355 e. The van der Waals surface area contributed by atoms with Gasteiger partial charge in [0.1, 0.15) is 5.01 Å². The number of hydrogen-bond acceptors (Lipinski definition) is 4. The highest BCUT2D eigenvalue weighted by atomic mass is 32.1. The molecule has 1 aromatic heterocycles. The summed E-state index contributed by atoms with van der Waals surface area (Å²) < 4.78 is 1.22. The predicted molar refractivity (Wildman–Crippen MR) is 135 cm³/mol. The fourth-order valence-corrected chi connectivity index (χ4v) is 5.80. The van der Waals surface area contributed by atoms with Crippen LogP contribution in [0, 0.1) is 0 Å². The topological polar surface area (TPSA) is 24.9 Å². The minimum atomic E-state index is 1.05. The van der Waals surface area contributed by atoms with E-state index in [9.17, 15) is 0 Å². The zero-order chi connectivity index (χ0) is 20.6. The summed E-state index contributed by atoms with van der Waals surface area (Å²) in [7, 11) is 0. The van der Waals surface area contributed by atoms with Crippen molar-refractivity contribution in [3.63, 3.8) is 0 Å². The number of nitrogens with zero attached hydrogens (tertiary/aromatic N) is 1. The number of thiazole rings is 1. The molecule has 148 valence electrons. The van der Waals surface area contributed by atoms with Crippen LogP contribution >= 0.6 is 22.7 Å². The smallest absolute Gasteiger partial charge is 0.124 e. The van der Waals surface area contributed by atoms with Crippen molar-refractivity contribution in [1.29, 1.82) is 0 Å². The molecule has 6 rings (SSSR count). The average Bonchev–Trinajstić information content (AvgIpc) is 3.46. The lowest BCUT2D eigenvalue weighted by Gasteiger charge is -2.13. The molecule has 0 saturated carbocycles. The van der Waals surface area contributed by atoms with Crippen LogP contribution in [0.3, 0.4) is 0 Å². The number of benzene rings is 3. The molecule has 0 bridgehead atoms. The van der Waals surface area contributed by atoms with E-state index >= 15 is 0 Å². The molecule has 2 nitrogen and oxygen atoms in total. The zero-order valence-corrected chi connectivity index (χ0v) is 18.2. The second-order valence-electron chi connectivity index (χ2n) is 7.38. The maximum Gasteiger partial charge on any atom is 0.124 e. The SMILES string of the molecule is c1cc2ccc(-c3ccccc3Nc3ccc(-c4nc5ccccc5s4)cc3)sc-2c1. The first-order chi connectivity index (χ1) is 15.3. The molecule has 0 atom stereocenters. The van der Waals surface area contributed by atoms with E-state index in [1.807, 2.05) is 17.4 Å². The zero-order valence-electron chi connectivity index (χ0n) is 16.6. The maximum atomic E-state index is 4.77. The van der Waals surface area contributed by atoms with Gasteiger partial charge >= 0.3 is 0 Å². The van der Waals surface area contributed by atoms with Crippen LogP contribution in [0.4, 0.5) is 11.4 Å². The molecular formula is C27H18N2S2. The van der Waals surface area contributed by atoms with E-state index < -0.39 is 0 Å². The van der Waals surface area contributed by atoms with Gasteiger partial charge in [-0.3, -0.25) is 0 Å². The van der Waals surface area contributed by atoms with Gasteiger partial charge in [-0.05, 0) is 60.2 Å². The second-order valence-corrected chi connectivity index (χ2v) is 9.49. The molecule has 0 spiro atoms. The molecule has 31 heavy (non-hydrogen) atoms. The number of hydrogen-bond donors (Lipinski definition) is 1. The van der Waals surface area contributed by atoms with Crippen LogP contribution < -0.4 is 5.32 Å². The Hall–Kier alpha value is -3.47. The van der Waals surface area contributed by atoms with E-state index in [0.29, 0.717) is 0 Å². The van der Waals surface area contributed by atoms with E-state index in [2.05, 4.69) is 102 Å². The van der Waals surface area contributed by atoms with Crippen LogP contribution in [0.15, 0.2) is 103 Å². The molecule has 1 aliphatic heterocycles. The quantitative estimate of drug-likeness (QED) is 0.301. The summed E-state index contributed by atoms with van der Waals surface area (Å²) in [4.78, 5) is 7.34. The normalized spacial score (nSPS) is 11.2. The first-order valence-corrected chi connectivity index (χ1v) is 11.8. The van der Waals surface area contributed by atoms with Crippen molar-refractivity contribution in [2.75, 3.05) is 5.32 Å². The van der Waals surface area contributed by atoms with Crippen molar-refractivity contribution in [3.05, 3.63) is 103 Å². The molecule has 2 aliphatic rings. The van der Waals surface area contributed by atoms with Crippen LogP contribution in [0.25, 0.3) is 41.7 Å². The van der Waals surface area contributed by atoms with Crippen LogP contribution in [0.1, 0.15) is 0 Å². The van der Waals surface area contributed by atoms with Gasteiger partial charge in [-0.2, -0.15) is 0 Å².